The van der Waals surface area contributed by atoms with Gasteiger partial charge in [0, 0.05) is 13.6 Å². The first-order valence-electron chi connectivity index (χ1n) is 4.64. The van der Waals surface area contributed by atoms with Crippen LogP contribution in [0, 0.1) is 5.92 Å². The summed E-state index contributed by atoms with van der Waals surface area (Å²) in [6, 6.07) is 3.36. The van der Waals surface area contributed by atoms with Gasteiger partial charge in [-0.3, -0.25) is 4.79 Å². The van der Waals surface area contributed by atoms with Crippen molar-refractivity contribution < 1.29 is 9.21 Å². The Hall–Kier alpha value is -1.29. The molecule has 14 heavy (non-hydrogen) atoms. The Morgan fingerprint density at radius 1 is 1.71 bits per heavy atom. The standard InChI is InChI=1S/C10H16N2O2/c1-8(6-11)7-12(2)10(13)9-4-3-5-14-9/h3-5,8H,6-7,11H2,1-2H3. The summed E-state index contributed by atoms with van der Waals surface area (Å²) in [6.45, 7) is 3.23. The van der Waals surface area contributed by atoms with Gasteiger partial charge in [-0.25, -0.2) is 0 Å². The Balaban J connectivity index is 2.53. The van der Waals surface area contributed by atoms with Gasteiger partial charge in [0.2, 0.25) is 0 Å². The molecule has 0 saturated heterocycles. The first-order chi connectivity index (χ1) is 6.65. The fraction of sp³-hybridized carbons (Fsp3) is 0.500. The zero-order chi connectivity index (χ0) is 10.6. The fourth-order valence-corrected chi connectivity index (χ4v) is 1.21. The third-order valence-corrected chi connectivity index (χ3v) is 2.07. The highest BCUT2D eigenvalue weighted by Gasteiger charge is 2.15. The van der Waals surface area contributed by atoms with E-state index in [1.54, 1.807) is 24.1 Å². The molecule has 1 aromatic rings. The average Bonchev–Trinajstić information content (AvgIpc) is 2.69. The first kappa shape index (κ1) is 10.8. The predicted molar refractivity (Wildman–Crippen MR) is 53.9 cm³/mol. The minimum Gasteiger partial charge on any atom is -0.459 e. The number of amides is 1. The highest BCUT2D eigenvalue weighted by Crippen LogP contribution is 2.05. The van der Waals surface area contributed by atoms with Gasteiger partial charge in [0.05, 0.1) is 6.26 Å². The summed E-state index contributed by atoms with van der Waals surface area (Å²) < 4.78 is 5.01. The van der Waals surface area contributed by atoms with Crippen LogP contribution in [0.1, 0.15) is 17.5 Å². The lowest BCUT2D eigenvalue weighted by molar-refractivity contribution is 0.0746. The molecule has 0 aliphatic rings. The average molecular weight is 196 g/mol. The second-order valence-corrected chi connectivity index (χ2v) is 3.50. The third kappa shape index (κ3) is 2.60. The number of hydrogen-bond acceptors (Lipinski definition) is 3. The second kappa shape index (κ2) is 4.81. The molecule has 0 fully saturated rings. The first-order valence-corrected chi connectivity index (χ1v) is 4.64. The maximum atomic E-state index is 11.6. The summed E-state index contributed by atoms with van der Waals surface area (Å²) >= 11 is 0. The molecule has 0 aromatic carbocycles. The van der Waals surface area contributed by atoms with Crippen LogP contribution in [0.25, 0.3) is 0 Å². The van der Waals surface area contributed by atoms with E-state index in [4.69, 9.17) is 10.2 Å². The predicted octanol–water partition coefficient (Wildman–Crippen LogP) is 0.946. The van der Waals surface area contributed by atoms with Crippen LogP contribution in [0.3, 0.4) is 0 Å². The van der Waals surface area contributed by atoms with Crippen molar-refractivity contribution >= 4 is 5.91 Å². The maximum Gasteiger partial charge on any atom is 0.289 e. The maximum absolute atomic E-state index is 11.6. The van der Waals surface area contributed by atoms with Crippen LogP contribution in [0.5, 0.6) is 0 Å². The molecule has 4 heteroatoms. The Kier molecular flexibility index (Phi) is 3.71. The van der Waals surface area contributed by atoms with E-state index in [-0.39, 0.29) is 5.91 Å². The largest absolute Gasteiger partial charge is 0.459 e. The Labute approximate surface area is 83.7 Å². The van der Waals surface area contributed by atoms with Crippen molar-refractivity contribution in [1.82, 2.24) is 4.90 Å². The van der Waals surface area contributed by atoms with Crippen LogP contribution in [0.4, 0.5) is 0 Å². The van der Waals surface area contributed by atoms with Crippen LogP contribution >= 0.6 is 0 Å². The normalized spacial score (nSPS) is 12.5. The number of carbonyl (C=O) groups is 1. The number of furan rings is 1. The molecule has 0 saturated carbocycles. The van der Waals surface area contributed by atoms with Crippen molar-refractivity contribution in [3.05, 3.63) is 24.2 Å². The quantitative estimate of drug-likeness (QED) is 0.779. The Morgan fingerprint density at radius 3 is 2.93 bits per heavy atom. The van der Waals surface area contributed by atoms with Crippen LogP contribution in [0.15, 0.2) is 22.8 Å². The molecule has 1 heterocycles. The molecule has 1 rings (SSSR count). The van der Waals surface area contributed by atoms with E-state index < -0.39 is 0 Å². The number of carbonyl (C=O) groups excluding carboxylic acids is 1. The second-order valence-electron chi connectivity index (χ2n) is 3.50. The molecule has 1 amide bonds. The Bertz CT molecular complexity index is 282. The lowest BCUT2D eigenvalue weighted by Gasteiger charge is -2.19. The number of nitrogens with zero attached hydrogens (tertiary/aromatic N) is 1. The molecule has 0 aliphatic carbocycles. The van der Waals surface area contributed by atoms with Crippen LogP contribution in [-0.4, -0.2) is 30.9 Å². The van der Waals surface area contributed by atoms with Gasteiger partial charge in [0.15, 0.2) is 5.76 Å². The van der Waals surface area contributed by atoms with E-state index in [0.717, 1.165) is 0 Å². The van der Waals surface area contributed by atoms with Gasteiger partial charge >= 0.3 is 0 Å². The SMILES string of the molecule is CC(CN)CN(C)C(=O)c1ccco1. The van der Waals surface area contributed by atoms with Crippen LogP contribution < -0.4 is 5.73 Å². The van der Waals surface area contributed by atoms with E-state index in [2.05, 4.69) is 0 Å². The van der Waals surface area contributed by atoms with E-state index in [9.17, 15) is 4.79 Å². The zero-order valence-electron chi connectivity index (χ0n) is 8.56. The van der Waals surface area contributed by atoms with Gasteiger partial charge in [0.25, 0.3) is 5.91 Å². The van der Waals surface area contributed by atoms with Crippen molar-refractivity contribution in [1.29, 1.82) is 0 Å². The molecule has 0 spiro atoms. The van der Waals surface area contributed by atoms with Crippen molar-refractivity contribution in [2.75, 3.05) is 20.1 Å². The van der Waals surface area contributed by atoms with E-state index in [0.29, 0.717) is 24.8 Å². The summed E-state index contributed by atoms with van der Waals surface area (Å²) in [7, 11) is 1.75. The molecule has 1 atom stereocenters. The lowest BCUT2D eigenvalue weighted by Crippen LogP contribution is -2.33. The zero-order valence-corrected chi connectivity index (χ0v) is 8.56. The van der Waals surface area contributed by atoms with Gasteiger partial charge in [-0.1, -0.05) is 6.92 Å². The fourth-order valence-electron chi connectivity index (χ4n) is 1.21. The van der Waals surface area contributed by atoms with Gasteiger partial charge in [-0.05, 0) is 24.6 Å². The number of rotatable bonds is 4. The Morgan fingerprint density at radius 2 is 2.43 bits per heavy atom. The van der Waals surface area contributed by atoms with Crippen molar-refractivity contribution in [2.45, 2.75) is 6.92 Å². The molecular formula is C10H16N2O2. The van der Waals surface area contributed by atoms with Gasteiger partial charge in [0.1, 0.15) is 0 Å². The summed E-state index contributed by atoms with van der Waals surface area (Å²) in [5.41, 5.74) is 5.48. The van der Waals surface area contributed by atoms with Gasteiger partial charge < -0.3 is 15.1 Å². The molecule has 1 unspecified atom stereocenters. The number of hydrogen-bond donors (Lipinski definition) is 1. The topological polar surface area (TPSA) is 59.5 Å². The minimum atomic E-state index is -0.102. The molecule has 0 bridgehead atoms. The monoisotopic (exact) mass is 196 g/mol. The van der Waals surface area contributed by atoms with Crippen LogP contribution in [-0.2, 0) is 0 Å². The smallest absolute Gasteiger partial charge is 0.289 e. The van der Waals surface area contributed by atoms with Gasteiger partial charge in [-0.15, -0.1) is 0 Å². The summed E-state index contributed by atoms with van der Waals surface area (Å²) in [5, 5.41) is 0. The highest BCUT2D eigenvalue weighted by atomic mass is 16.3. The van der Waals surface area contributed by atoms with Crippen molar-refractivity contribution in [3.8, 4) is 0 Å². The minimum absolute atomic E-state index is 0.102. The van der Waals surface area contributed by atoms with Crippen LogP contribution in [0.2, 0.25) is 0 Å². The molecule has 2 N–H and O–H groups in total. The molecule has 4 nitrogen and oxygen atoms in total. The summed E-state index contributed by atoms with van der Waals surface area (Å²) in [5.74, 6) is 0.575. The van der Waals surface area contributed by atoms with Crippen molar-refractivity contribution in [3.63, 3.8) is 0 Å². The molecule has 0 aliphatic heterocycles. The lowest BCUT2D eigenvalue weighted by atomic mass is 10.2. The molecule has 0 radical (unpaired) electrons. The van der Waals surface area contributed by atoms with E-state index >= 15 is 0 Å². The number of nitrogens with two attached hydrogens (primary N) is 1. The summed E-state index contributed by atoms with van der Waals surface area (Å²) in [4.78, 5) is 13.3. The molecule has 78 valence electrons. The molecular weight excluding hydrogens is 180 g/mol. The summed E-state index contributed by atoms with van der Waals surface area (Å²) in [6.07, 6.45) is 1.49. The third-order valence-electron chi connectivity index (χ3n) is 2.07. The van der Waals surface area contributed by atoms with Gasteiger partial charge in [-0.2, -0.15) is 0 Å². The van der Waals surface area contributed by atoms with E-state index in [1.165, 1.54) is 6.26 Å². The molecule has 1 aromatic heterocycles. The highest BCUT2D eigenvalue weighted by molar-refractivity contribution is 5.91. The van der Waals surface area contributed by atoms with E-state index in [1.807, 2.05) is 6.92 Å². The van der Waals surface area contributed by atoms with Crippen molar-refractivity contribution in [2.24, 2.45) is 11.7 Å².